The maximum atomic E-state index is 5.42. The van der Waals surface area contributed by atoms with E-state index in [9.17, 15) is 0 Å². The molecule has 0 bridgehead atoms. The second-order valence-electron chi connectivity index (χ2n) is 1.77. The predicted molar refractivity (Wildman–Crippen MR) is 34.6 cm³/mol. The maximum absolute atomic E-state index is 5.42. The molecule has 0 aromatic rings. The minimum Gasteiger partial charge on any atom is -0.373 e. The van der Waals surface area contributed by atoms with Gasteiger partial charge in [-0.25, -0.2) is 0 Å². The van der Waals surface area contributed by atoms with Crippen LogP contribution in [-0.4, -0.2) is 16.5 Å². The summed E-state index contributed by atoms with van der Waals surface area (Å²) in [6.45, 7) is 0.744. The highest BCUT2D eigenvalue weighted by atomic mass is 35.6. The summed E-state index contributed by atoms with van der Waals surface area (Å²) in [4.78, 5) is 0. The lowest BCUT2D eigenvalue weighted by molar-refractivity contribution is 0.398. The molecule has 0 aliphatic carbocycles. The van der Waals surface area contributed by atoms with Crippen molar-refractivity contribution in [1.29, 1.82) is 0 Å². The Morgan fingerprint density at radius 2 is 2.00 bits per heavy atom. The summed E-state index contributed by atoms with van der Waals surface area (Å²) in [5.74, 6) is 0. The molecule has 0 radical (unpaired) electrons. The van der Waals surface area contributed by atoms with E-state index < -0.39 is 3.79 Å². The van der Waals surface area contributed by atoms with Crippen molar-refractivity contribution in [1.82, 2.24) is 0 Å². The minimum absolute atomic E-state index is 0.197. The normalized spacial score (nSPS) is 28.1. The molecule has 0 amide bonds. The van der Waals surface area contributed by atoms with Gasteiger partial charge in [0.15, 0.2) is 3.79 Å². The van der Waals surface area contributed by atoms with Crippen LogP contribution in [-0.2, 0) is 4.74 Å². The highest BCUT2D eigenvalue weighted by Crippen LogP contribution is 2.35. The summed E-state index contributed by atoms with van der Waals surface area (Å²) in [5, 5.41) is 0. The van der Waals surface area contributed by atoms with Gasteiger partial charge in [0.05, 0.1) is 12.7 Å². The molecular formula is C4H5Cl3O. The van der Waals surface area contributed by atoms with E-state index in [0.717, 1.165) is 6.61 Å². The van der Waals surface area contributed by atoms with Gasteiger partial charge in [0.1, 0.15) is 0 Å². The van der Waals surface area contributed by atoms with Crippen LogP contribution in [0.3, 0.4) is 0 Å². The second-order valence-corrected chi connectivity index (χ2v) is 4.29. The molecule has 0 unspecified atom stereocenters. The molecule has 1 rings (SSSR count). The number of ether oxygens (including phenoxy) is 1. The first-order chi connectivity index (χ1) is 3.58. The van der Waals surface area contributed by atoms with Crippen molar-refractivity contribution in [3.8, 4) is 0 Å². The Hall–Kier alpha value is 0.830. The van der Waals surface area contributed by atoms with E-state index >= 15 is 0 Å². The zero-order chi connectivity index (χ0) is 6.20. The molecule has 8 heavy (non-hydrogen) atoms. The quantitative estimate of drug-likeness (QED) is 0.439. The minimum atomic E-state index is -1.12. The second kappa shape index (κ2) is 2.22. The van der Waals surface area contributed by atoms with Crippen molar-refractivity contribution in [2.45, 2.75) is 16.3 Å². The van der Waals surface area contributed by atoms with Crippen molar-refractivity contribution < 1.29 is 4.74 Å². The molecule has 0 N–H and O–H groups in total. The van der Waals surface area contributed by atoms with Gasteiger partial charge < -0.3 is 4.74 Å². The van der Waals surface area contributed by atoms with E-state index in [1.165, 1.54) is 0 Å². The van der Waals surface area contributed by atoms with E-state index in [1.54, 1.807) is 0 Å². The Morgan fingerprint density at radius 1 is 1.50 bits per heavy atom. The molecule has 48 valence electrons. The Balaban J connectivity index is 2.16. The summed E-state index contributed by atoms with van der Waals surface area (Å²) in [7, 11) is 0. The topological polar surface area (TPSA) is 12.5 Å². The van der Waals surface area contributed by atoms with E-state index in [-0.39, 0.29) is 6.10 Å². The van der Waals surface area contributed by atoms with Gasteiger partial charge in [-0.05, 0) is 0 Å². The standard InChI is InChI=1S/C4H5Cl3O/c5-4(6,7)1-3-2-8-3/h3H,1-2H2/t3-/m0/s1. The highest BCUT2D eigenvalue weighted by molar-refractivity contribution is 6.67. The van der Waals surface area contributed by atoms with Gasteiger partial charge in [0, 0.05) is 6.42 Å². The molecule has 1 aliphatic rings. The van der Waals surface area contributed by atoms with Crippen LogP contribution in [0.2, 0.25) is 0 Å². The number of hydrogen-bond acceptors (Lipinski definition) is 1. The first-order valence-corrected chi connectivity index (χ1v) is 3.40. The van der Waals surface area contributed by atoms with Gasteiger partial charge in [-0.2, -0.15) is 0 Å². The molecule has 4 heteroatoms. The van der Waals surface area contributed by atoms with E-state index in [4.69, 9.17) is 39.5 Å². The molecule has 1 aliphatic heterocycles. The third-order valence-electron chi connectivity index (χ3n) is 0.861. The zero-order valence-electron chi connectivity index (χ0n) is 4.03. The number of epoxide rings is 1. The lowest BCUT2D eigenvalue weighted by atomic mass is 10.4. The third-order valence-corrected chi connectivity index (χ3v) is 1.32. The summed E-state index contributed by atoms with van der Waals surface area (Å²) < 4.78 is 3.71. The van der Waals surface area contributed by atoms with Crippen LogP contribution in [0.5, 0.6) is 0 Å². The average Bonchev–Trinajstić information content (AvgIpc) is 2.12. The van der Waals surface area contributed by atoms with E-state index in [2.05, 4.69) is 0 Å². The van der Waals surface area contributed by atoms with Crippen LogP contribution in [0.15, 0.2) is 0 Å². The van der Waals surface area contributed by atoms with Crippen molar-refractivity contribution in [3.63, 3.8) is 0 Å². The molecular weight excluding hydrogens is 170 g/mol. The molecule has 0 spiro atoms. The van der Waals surface area contributed by atoms with E-state index in [0.29, 0.717) is 6.42 Å². The van der Waals surface area contributed by atoms with Crippen LogP contribution in [0.4, 0.5) is 0 Å². The first kappa shape index (κ1) is 6.94. The molecule has 0 saturated carbocycles. The molecule has 0 aromatic carbocycles. The van der Waals surface area contributed by atoms with Gasteiger partial charge in [-0.1, -0.05) is 34.8 Å². The fraction of sp³-hybridized carbons (Fsp3) is 1.00. The Kier molecular flexibility index (Phi) is 1.93. The van der Waals surface area contributed by atoms with Crippen LogP contribution >= 0.6 is 34.8 Å². The monoisotopic (exact) mass is 174 g/mol. The van der Waals surface area contributed by atoms with Crippen LogP contribution in [0.1, 0.15) is 6.42 Å². The third kappa shape index (κ3) is 2.98. The van der Waals surface area contributed by atoms with Gasteiger partial charge >= 0.3 is 0 Å². The van der Waals surface area contributed by atoms with Crippen LogP contribution in [0, 0.1) is 0 Å². The van der Waals surface area contributed by atoms with E-state index in [1.807, 2.05) is 0 Å². The van der Waals surface area contributed by atoms with Crippen molar-refractivity contribution in [3.05, 3.63) is 0 Å². The Morgan fingerprint density at radius 3 is 2.12 bits per heavy atom. The van der Waals surface area contributed by atoms with Crippen molar-refractivity contribution in [2.75, 3.05) is 6.61 Å². The van der Waals surface area contributed by atoms with Gasteiger partial charge in [-0.15, -0.1) is 0 Å². The molecule has 1 heterocycles. The number of alkyl halides is 3. The average molecular weight is 175 g/mol. The zero-order valence-corrected chi connectivity index (χ0v) is 6.30. The largest absolute Gasteiger partial charge is 0.373 e. The maximum Gasteiger partial charge on any atom is 0.193 e. The molecule has 1 fully saturated rings. The summed E-state index contributed by atoms with van der Waals surface area (Å²) in [6, 6.07) is 0. The molecule has 1 atom stereocenters. The fourth-order valence-corrected chi connectivity index (χ4v) is 0.960. The number of rotatable bonds is 1. The smallest absolute Gasteiger partial charge is 0.193 e. The molecule has 0 aromatic heterocycles. The molecule has 1 nitrogen and oxygen atoms in total. The van der Waals surface area contributed by atoms with Gasteiger partial charge in [0.25, 0.3) is 0 Å². The summed E-state index contributed by atoms with van der Waals surface area (Å²) in [6.07, 6.45) is 0.708. The fourth-order valence-electron chi connectivity index (χ4n) is 0.444. The van der Waals surface area contributed by atoms with Crippen molar-refractivity contribution >= 4 is 34.8 Å². The highest BCUT2D eigenvalue weighted by Gasteiger charge is 2.32. The predicted octanol–water partition coefficient (Wildman–Crippen LogP) is 2.15. The van der Waals surface area contributed by atoms with Crippen LogP contribution in [0.25, 0.3) is 0 Å². The van der Waals surface area contributed by atoms with Gasteiger partial charge in [-0.3, -0.25) is 0 Å². The Bertz CT molecular complexity index is 83.8. The number of halogens is 3. The number of hydrogen-bond donors (Lipinski definition) is 0. The summed E-state index contributed by atoms with van der Waals surface area (Å²) in [5.41, 5.74) is 0. The van der Waals surface area contributed by atoms with Crippen LogP contribution < -0.4 is 0 Å². The first-order valence-electron chi connectivity index (χ1n) is 2.26. The molecule has 1 saturated heterocycles. The van der Waals surface area contributed by atoms with Crippen molar-refractivity contribution in [2.24, 2.45) is 0 Å². The Labute approximate surface area is 62.9 Å². The SMILES string of the molecule is ClC(Cl)(Cl)C[C@H]1CO1. The van der Waals surface area contributed by atoms with Gasteiger partial charge in [0.2, 0.25) is 0 Å². The summed E-state index contributed by atoms with van der Waals surface area (Å²) >= 11 is 16.3. The lowest BCUT2D eigenvalue weighted by Crippen LogP contribution is -2.05. The lowest BCUT2D eigenvalue weighted by Gasteiger charge is -2.05.